The van der Waals surface area contributed by atoms with E-state index in [4.69, 9.17) is 5.26 Å². The molecular formula is C13H9BrN2OS. The average molecular weight is 321 g/mol. The molecule has 0 atom stereocenters. The van der Waals surface area contributed by atoms with Crippen LogP contribution in [0.2, 0.25) is 0 Å². The molecule has 90 valence electrons. The van der Waals surface area contributed by atoms with Gasteiger partial charge in [-0.1, -0.05) is 15.9 Å². The Bertz CT molecular complexity index is 643. The molecule has 0 saturated carbocycles. The van der Waals surface area contributed by atoms with Crippen LogP contribution in [0.5, 0.6) is 0 Å². The Kier molecular flexibility index (Phi) is 3.80. The molecule has 0 fully saturated rings. The second-order valence-corrected chi connectivity index (χ2v) is 5.52. The number of nitrogens with one attached hydrogen (secondary N) is 1. The highest BCUT2D eigenvalue weighted by Crippen LogP contribution is 2.23. The largest absolute Gasteiger partial charge is 0.320 e. The van der Waals surface area contributed by atoms with Gasteiger partial charge in [0, 0.05) is 4.47 Å². The Morgan fingerprint density at radius 3 is 2.83 bits per heavy atom. The maximum absolute atomic E-state index is 12.1. The van der Waals surface area contributed by atoms with Gasteiger partial charge in [0.15, 0.2) is 0 Å². The van der Waals surface area contributed by atoms with E-state index in [0.717, 1.165) is 10.0 Å². The molecule has 2 rings (SSSR count). The van der Waals surface area contributed by atoms with Crippen molar-refractivity contribution in [2.75, 3.05) is 5.32 Å². The Labute approximate surface area is 117 Å². The number of anilines is 1. The fourth-order valence-electron chi connectivity index (χ4n) is 1.50. The van der Waals surface area contributed by atoms with Gasteiger partial charge in [0.2, 0.25) is 0 Å². The molecule has 0 aliphatic rings. The number of aryl methyl sites for hydroxylation is 1. The lowest BCUT2D eigenvalue weighted by atomic mass is 10.2. The van der Waals surface area contributed by atoms with Crippen LogP contribution in [-0.4, -0.2) is 5.91 Å². The van der Waals surface area contributed by atoms with Gasteiger partial charge in [-0.25, -0.2) is 0 Å². The minimum absolute atomic E-state index is 0.183. The van der Waals surface area contributed by atoms with Crippen molar-refractivity contribution in [3.8, 4) is 6.07 Å². The number of nitrogens with zero attached hydrogens (tertiary/aromatic N) is 1. The van der Waals surface area contributed by atoms with Gasteiger partial charge in [-0.2, -0.15) is 5.26 Å². The third kappa shape index (κ3) is 2.61. The van der Waals surface area contributed by atoms with Gasteiger partial charge in [-0.15, -0.1) is 11.3 Å². The summed E-state index contributed by atoms with van der Waals surface area (Å²) in [5, 5.41) is 13.6. The Hall–Kier alpha value is -1.64. The van der Waals surface area contributed by atoms with E-state index in [1.165, 1.54) is 11.3 Å². The summed E-state index contributed by atoms with van der Waals surface area (Å²) in [6.45, 7) is 1.89. The van der Waals surface area contributed by atoms with E-state index >= 15 is 0 Å². The van der Waals surface area contributed by atoms with Crippen LogP contribution in [0.15, 0.2) is 34.1 Å². The lowest BCUT2D eigenvalue weighted by Gasteiger charge is -2.07. The van der Waals surface area contributed by atoms with Crippen molar-refractivity contribution in [2.45, 2.75) is 6.92 Å². The summed E-state index contributed by atoms with van der Waals surface area (Å²) in [6.07, 6.45) is 0. The molecule has 1 heterocycles. The first kappa shape index (κ1) is 12.8. The molecule has 1 N–H and O–H groups in total. The van der Waals surface area contributed by atoms with Crippen molar-refractivity contribution in [3.05, 3.63) is 50.1 Å². The summed E-state index contributed by atoms with van der Waals surface area (Å²) in [4.78, 5) is 12.7. The van der Waals surface area contributed by atoms with Crippen molar-refractivity contribution < 1.29 is 4.79 Å². The number of halogens is 1. The molecule has 0 aliphatic carbocycles. The predicted octanol–water partition coefficient (Wildman–Crippen LogP) is 3.94. The number of benzene rings is 1. The zero-order valence-corrected chi connectivity index (χ0v) is 11.9. The molecule has 0 saturated heterocycles. The van der Waals surface area contributed by atoms with Crippen LogP contribution in [0.3, 0.4) is 0 Å². The van der Waals surface area contributed by atoms with Gasteiger partial charge in [0.05, 0.1) is 16.1 Å². The fourth-order valence-corrected chi connectivity index (χ4v) is 2.68. The molecule has 2 aromatic rings. The second kappa shape index (κ2) is 5.34. The molecule has 5 heteroatoms. The van der Waals surface area contributed by atoms with E-state index in [2.05, 4.69) is 27.3 Å². The number of amides is 1. The molecule has 1 aromatic heterocycles. The van der Waals surface area contributed by atoms with Crippen LogP contribution in [0.25, 0.3) is 0 Å². The lowest BCUT2D eigenvalue weighted by Crippen LogP contribution is -2.12. The highest BCUT2D eigenvalue weighted by Gasteiger charge is 2.12. The van der Waals surface area contributed by atoms with Crippen LogP contribution in [0, 0.1) is 18.3 Å². The zero-order valence-electron chi connectivity index (χ0n) is 9.53. The molecule has 1 aromatic carbocycles. The normalized spacial score (nSPS) is 9.83. The lowest BCUT2D eigenvalue weighted by molar-refractivity contribution is 0.103. The Balaban J connectivity index is 2.30. The van der Waals surface area contributed by atoms with E-state index < -0.39 is 0 Å². The first-order valence-electron chi connectivity index (χ1n) is 5.17. The highest BCUT2D eigenvalue weighted by molar-refractivity contribution is 9.10. The minimum Gasteiger partial charge on any atom is -0.320 e. The third-order valence-electron chi connectivity index (χ3n) is 2.42. The van der Waals surface area contributed by atoms with E-state index in [0.29, 0.717) is 16.1 Å². The van der Waals surface area contributed by atoms with Gasteiger partial charge >= 0.3 is 0 Å². The maximum Gasteiger partial charge on any atom is 0.266 e. The van der Waals surface area contributed by atoms with Gasteiger partial charge in [-0.05, 0) is 42.1 Å². The summed E-state index contributed by atoms with van der Waals surface area (Å²) in [5.41, 5.74) is 1.90. The number of nitriles is 1. The smallest absolute Gasteiger partial charge is 0.266 e. The zero-order chi connectivity index (χ0) is 13.1. The molecule has 0 aliphatic heterocycles. The number of carbonyl (C=O) groups is 1. The monoisotopic (exact) mass is 320 g/mol. The molecule has 0 unspecified atom stereocenters. The van der Waals surface area contributed by atoms with Gasteiger partial charge < -0.3 is 5.32 Å². The standard InChI is InChI=1S/C13H9BrN2OS/c1-8-4-5-18-12(8)13(17)16-11-6-10(14)3-2-9(11)7-15/h2-6H,1H3,(H,16,17). The molecule has 3 nitrogen and oxygen atoms in total. The van der Waals surface area contributed by atoms with Crippen molar-refractivity contribution in [3.63, 3.8) is 0 Å². The number of hydrogen-bond acceptors (Lipinski definition) is 3. The molecular weight excluding hydrogens is 312 g/mol. The van der Waals surface area contributed by atoms with Gasteiger partial charge in [-0.3, -0.25) is 4.79 Å². The Morgan fingerprint density at radius 1 is 1.44 bits per heavy atom. The first-order valence-corrected chi connectivity index (χ1v) is 6.84. The van der Waals surface area contributed by atoms with Gasteiger partial charge in [0.1, 0.15) is 6.07 Å². The number of hydrogen-bond donors (Lipinski definition) is 1. The first-order chi connectivity index (χ1) is 8.61. The molecule has 0 spiro atoms. The van der Waals surface area contributed by atoms with Gasteiger partial charge in [0.25, 0.3) is 5.91 Å². The van der Waals surface area contributed by atoms with Crippen molar-refractivity contribution in [1.82, 2.24) is 0 Å². The summed E-state index contributed by atoms with van der Waals surface area (Å²) in [7, 11) is 0. The predicted molar refractivity (Wildman–Crippen MR) is 75.9 cm³/mol. The second-order valence-electron chi connectivity index (χ2n) is 3.69. The van der Waals surface area contributed by atoms with Crippen molar-refractivity contribution in [1.29, 1.82) is 5.26 Å². The van der Waals surface area contributed by atoms with Crippen molar-refractivity contribution in [2.24, 2.45) is 0 Å². The van der Waals surface area contributed by atoms with Crippen LogP contribution in [-0.2, 0) is 0 Å². The maximum atomic E-state index is 12.1. The molecule has 0 radical (unpaired) electrons. The van der Waals surface area contributed by atoms with Crippen LogP contribution < -0.4 is 5.32 Å². The summed E-state index contributed by atoms with van der Waals surface area (Å²) in [5.74, 6) is -0.183. The Morgan fingerprint density at radius 2 is 2.22 bits per heavy atom. The number of rotatable bonds is 2. The highest BCUT2D eigenvalue weighted by atomic mass is 79.9. The summed E-state index contributed by atoms with van der Waals surface area (Å²) in [6, 6.07) is 9.11. The molecule has 18 heavy (non-hydrogen) atoms. The quantitative estimate of drug-likeness (QED) is 0.911. The van der Waals surface area contributed by atoms with E-state index in [1.807, 2.05) is 18.4 Å². The number of carbonyl (C=O) groups excluding carboxylic acids is 1. The van der Waals surface area contributed by atoms with Crippen LogP contribution in [0.4, 0.5) is 5.69 Å². The van der Waals surface area contributed by atoms with E-state index in [1.54, 1.807) is 18.2 Å². The minimum atomic E-state index is -0.183. The molecule has 0 bridgehead atoms. The molecule has 1 amide bonds. The summed E-state index contributed by atoms with van der Waals surface area (Å²) >= 11 is 4.71. The SMILES string of the molecule is Cc1ccsc1C(=O)Nc1cc(Br)ccc1C#N. The topological polar surface area (TPSA) is 52.9 Å². The van der Waals surface area contributed by atoms with Crippen LogP contribution >= 0.6 is 27.3 Å². The van der Waals surface area contributed by atoms with Crippen LogP contribution in [0.1, 0.15) is 20.8 Å². The summed E-state index contributed by atoms with van der Waals surface area (Å²) < 4.78 is 0.819. The number of thiophene rings is 1. The van der Waals surface area contributed by atoms with E-state index in [-0.39, 0.29) is 5.91 Å². The van der Waals surface area contributed by atoms with E-state index in [9.17, 15) is 4.79 Å². The third-order valence-corrected chi connectivity index (χ3v) is 3.93. The fraction of sp³-hybridized carbons (Fsp3) is 0.0769. The van der Waals surface area contributed by atoms with Crippen molar-refractivity contribution >= 4 is 38.9 Å². The average Bonchev–Trinajstić information content (AvgIpc) is 2.76.